The molecule has 0 bridgehead atoms. The van der Waals surface area contributed by atoms with Gasteiger partial charge >= 0.3 is 0 Å². The second-order valence-corrected chi connectivity index (χ2v) is 5.04. The second-order valence-electron chi connectivity index (χ2n) is 3.37. The summed E-state index contributed by atoms with van der Waals surface area (Å²) >= 11 is 3.46. The molecule has 0 spiro atoms. The molecule has 4 heteroatoms. The van der Waals surface area contributed by atoms with Crippen molar-refractivity contribution in [3.63, 3.8) is 0 Å². The van der Waals surface area contributed by atoms with Crippen molar-refractivity contribution in [1.82, 2.24) is 10.3 Å². The Morgan fingerprint density at radius 2 is 2.33 bits per heavy atom. The predicted octanol–water partition coefficient (Wildman–Crippen LogP) is 3.21. The summed E-state index contributed by atoms with van der Waals surface area (Å²) in [6.07, 6.45) is 0. The highest BCUT2D eigenvalue weighted by molar-refractivity contribution is 7.10. The van der Waals surface area contributed by atoms with Gasteiger partial charge in [0, 0.05) is 11.1 Å². The van der Waals surface area contributed by atoms with E-state index >= 15 is 0 Å². The molecule has 80 valence electrons. The molecule has 0 aliphatic carbocycles. The third-order valence-electron chi connectivity index (χ3n) is 2.17. The Hall–Kier alpha value is -0.710. The highest BCUT2D eigenvalue weighted by Crippen LogP contribution is 2.26. The van der Waals surface area contributed by atoms with Crippen LogP contribution < -0.4 is 5.32 Å². The number of aromatic nitrogens is 1. The van der Waals surface area contributed by atoms with Gasteiger partial charge in [-0.25, -0.2) is 4.98 Å². The summed E-state index contributed by atoms with van der Waals surface area (Å²) in [7, 11) is 0. The maximum absolute atomic E-state index is 4.55. The molecule has 15 heavy (non-hydrogen) atoms. The van der Waals surface area contributed by atoms with E-state index in [0.29, 0.717) is 0 Å². The molecule has 0 amide bonds. The molecule has 0 fully saturated rings. The van der Waals surface area contributed by atoms with Gasteiger partial charge in [0.15, 0.2) is 0 Å². The minimum Gasteiger partial charge on any atom is -0.305 e. The Balaban J connectivity index is 2.27. The number of aryl methyl sites for hydroxylation is 1. The molecule has 1 N–H and O–H groups in total. The van der Waals surface area contributed by atoms with E-state index in [1.165, 1.54) is 5.56 Å². The molecule has 2 heterocycles. The van der Waals surface area contributed by atoms with Crippen molar-refractivity contribution < 1.29 is 0 Å². The SMILES string of the molecule is CCNC(c1ccsc1)c1nc(C)cs1. The molecule has 2 aromatic rings. The van der Waals surface area contributed by atoms with Gasteiger partial charge in [-0.15, -0.1) is 11.3 Å². The quantitative estimate of drug-likeness (QED) is 0.884. The minimum absolute atomic E-state index is 0.264. The van der Waals surface area contributed by atoms with E-state index in [1.807, 2.05) is 6.92 Å². The molecule has 0 radical (unpaired) electrons. The number of nitrogens with one attached hydrogen (secondary N) is 1. The molecule has 0 saturated carbocycles. The first-order valence-corrected chi connectivity index (χ1v) is 6.81. The first-order chi connectivity index (χ1) is 7.31. The third kappa shape index (κ3) is 2.45. The van der Waals surface area contributed by atoms with Crippen LogP contribution in [-0.4, -0.2) is 11.5 Å². The van der Waals surface area contributed by atoms with E-state index in [4.69, 9.17) is 0 Å². The Morgan fingerprint density at radius 1 is 1.47 bits per heavy atom. The summed E-state index contributed by atoms with van der Waals surface area (Å²) in [6, 6.07) is 2.43. The molecular weight excluding hydrogens is 224 g/mol. The number of hydrogen-bond acceptors (Lipinski definition) is 4. The van der Waals surface area contributed by atoms with E-state index in [-0.39, 0.29) is 6.04 Å². The summed E-state index contributed by atoms with van der Waals surface area (Å²) in [5.41, 5.74) is 2.42. The lowest BCUT2D eigenvalue weighted by Crippen LogP contribution is -2.21. The molecule has 2 nitrogen and oxygen atoms in total. The number of hydrogen-bond donors (Lipinski definition) is 1. The van der Waals surface area contributed by atoms with Crippen LogP contribution in [0.3, 0.4) is 0 Å². The van der Waals surface area contributed by atoms with Gasteiger partial charge in [-0.1, -0.05) is 6.92 Å². The van der Waals surface area contributed by atoms with Crippen molar-refractivity contribution in [1.29, 1.82) is 0 Å². The van der Waals surface area contributed by atoms with E-state index in [1.54, 1.807) is 22.7 Å². The van der Waals surface area contributed by atoms with Crippen molar-refractivity contribution in [2.45, 2.75) is 19.9 Å². The van der Waals surface area contributed by atoms with Crippen molar-refractivity contribution >= 4 is 22.7 Å². The minimum atomic E-state index is 0.264. The van der Waals surface area contributed by atoms with Crippen LogP contribution >= 0.6 is 22.7 Å². The number of thiazole rings is 1. The number of rotatable bonds is 4. The fourth-order valence-electron chi connectivity index (χ4n) is 1.50. The fraction of sp³-hybridized carbons (Fsp3) is 0.364. The average Bonchev–Trinajstić information content (AvgIpc) is 2.85. The smallest absolute Gasteiger partial charge is 0.114 e. The van der Waals surface area contributed by atoms with Crippen LogP contribution in [0.1, 0.15) is 29.2 Å². The predicted molar refractivity (Wildman–Crippen MR) is 66.7 cm³/mol. The van der Waals surface area contributed by atoms with Crippen molar-refractivity contribution in [2.24, 2.45) is 0 Å². The Bertz CT molecular complexity index is 406. The van der Waals surface area contributed by atoms with E-state index < -0.39 is 0 Å². The second kappa shape index (κ2) is 4.88. The van der Waals surface area contributed by atoms with Crippen LogP contribution in [0.15, 0.2) is 22.2 Å². The molecule has 0 saturated heterocycles. The van der Waals surface area contributed by atoms with Gasteiger partial charge in [-0.2, -0.15) is 11.3 Å². The molecule has 0 aromatic carbocycles. The number of thiophene rings is 1. The van der Waals surface area contributed by atoms with Crippen LogP contribution in [0, 0.1) is 6.92 Å². The first-order valence-electron chi connectivity index (χ1n) is 4.98. The third-order valence-corrected chi connectivity index (χ3v) is 3.90. The highest BCUT2D eigenvalue weighted by Gasteiger charge is 2.16. The molecule has 1 unspecified atom stereocenters. The molecule has 2 rings (SSSR count). The summed E-state index contributed by atoms with van der Waals surface area (Å²) in [5.74, 6) is 0. The van der Waals surface area contributed by atoms with Gasteiger partial charge in [0.25, 0.3) is 0 Å². The molecule has 1 atom stereocenters. The van der Waals surface area contributed by atoms with Gasteiger partial charge < -0.3 is 5.32 Å². The van der Waals surface area contributed by atoms with Crippen molar-refractivity contribution in [2.75, 3.05) is 6.54 Å². The molecule has 0 aliphatic heterocycles. The summed E-state index contributed by atoms with van der Waals surface area (Å²) < 4.78 is 0. The van der Waals surface area contributed by atoms with Gasteiger partial charge in [0.05, 0.1) is 6.04 Å². The molecule has 0 aliphatic rings. The zero-order valence-corrected chi connectivity index (χ0v) is 10.5. The van der Waals surface area contributed by atoms with Gasteiger partial charge in [0.1, 0.15) is 5.01 Å². The summed E-state index contributed by atoms with van der Waals surface area (Å²) in [4.78, 5) is 4.55. The van der Waals surface area contributed by atoms with Crippen LogP contribution in [0.25, 0.3) is 0 Å². The zero-order valence-electron chi connectivity index (χ0n) is 8.86. The Morgan fingerprint density at radius 3 is 2.87 bits per heavy atom. The first kappa shape index (κ1) is 10.8. The standard InChI is InChI=1S/C11H14N2S2/c1-3-12-10(9-4-5-14-7-9)11-13-8(2)6-15-11/h4-7,10,12H,3H2,1-2H3. The molecular formula is C11H14N2S2. The zero-order chi connectivity index (χ0) is 10.7. The van der Waals surface area contributed by atoms with Crippen LogP contribution in [0.4, 0.5) is 0 Å². The summed E-state index contributed by atoms with van der Waals surface area (Å²) in [6.45, 7) is 5.12. The van der Waals surface area contributed by atoms with Crippen LogP contribution in [0.2, 0.25) is 0 Å². The largest absolute Gasteiger partial charge is 0.305 e. The highest BCUT2D eigenvalue weighted by atomic mass is 32.1. The van der Waals surface area contributed by atoms with Gasteiger partial charge in [-0.05, 0) is 35.9 Å². The van der Waals surface area contributed by atoms with E-state index in [9.17, 15) is 0 Å². The van der Waals surface area contributed by atoms with Crippen molar-refractivity contribution in [3.05, 3.63) is 38.5 Å². The van der Waals surface area contributed by atoms with Crippen LogP contribution in [0.5, 0.6) is 0 Å². The van der Waals surface area contributed by atoms with E-state index in [2.05, 4.69) is 39.4 Å². The monoisotopic (exact) mass is 238 g/mol. The van der Waals surface area contributed by atoms with Gasteiger partial charge in [-0.3, -0.25) is 0 Å². The lowest BCUT2D eigenvalue weighted by atomic mass is 10.1. The topological polar surface area (TPSA) is 24.9 Å². The molecule has 2 aromatic heterocycles. The van der Waals surface area contributed by atoms with E-state index in [0.717, 1.165) is 17.2 Å². The lowest BCUT2D eigenvalue weighted by molar-refractivity contribution is 0.628. The Labute approximate surface area is 98.0 Å². The fourth-order valence-corrected chi connectivity index (χ4v) is 3.08. The Kier molecular flexibility index (Phi) is 3.51. The number of nitrogens with zero attached hydrogens (tertiary/aromatic N) is 1. The van der Waals surface area contributed by atoms with Crippen LogP contribution in [-0.2, 0) is 0 Å². The van der Waals surface area contributed by atoms with Crippen molar-refractivity contribution in [3.8, 4) is 0 Å². The maximum Gasteiger partial charge on any atom is 0.114 e. The average molecular weight is 238 g/mol. The normalized spacial score (nSPS) is 12.9. The van der Waals surface area contributed by atoms with Gasteiger partial charge in [0.2, 0.25) is 0 Å². The lowest BCUT2D eigenvalue weighted by Gasteiger charge is -2.13. The maximum atomic E-state index is 4.55. The summed E-state index contributed by atoms with van der Waals surface area (Å²) in [5, 5.41) is 11.0.